The molecule has 22 heavy (non-hydrogen) atoms. The highest BCUT2D eigenvalue weighted by atomic mass is 16.6. The summed E-state index contributed by atoms with van der Waals surface area (Å²) >= 11 is 0. The first-order chi connectivity index (χ1) is 10.1. The van der Waals surface area contributed by atoms with Crippen LogP contribution >= 0.6 is 0 Å². The van der Waals surface area contributed by atoms with E-state index in [-0.39, 0.29) is 36.1 Å². The van der Waals surface area contributed by atoms with Crippen molar-refractivity contribution in [2.75, 3.05) is 7.11 Å². The van der Waals surface area contributed by atoms with Gasteiger partial charge < -0.3 is 20.1 Å². The molecule has 1 fully saturated rings. The fourth-order valence-electron chi connectivity index (χ4n) is 2.65. The minimum absolute atomic E-state index is 0.0813. The predicted octanol–water partition coefficient (Wildman–Crippen LogP) is 2.22. The van der Waals surface area contributed by atoms with Crippen molar-refractivity contribution in [2.24, 2.45) is 5.92 Å². The van der Waals surface area contributed by atoms with Crippen LogP contribution in [0.1, 0.15) is 53.9 Å². The second-order valence-electron chi connectivity index (χ2n) is 7.26. The van der Waals surface area contributed by atoms with E-state index < -0.39 is 5.60 Å². The molecular formula is C16H30N2O4. The number of rotatable bonds is 5. The molecule has 1 saturated carbocycles. The Morgan fingerprint density at radius 2 is 1.73 bits per heavy atom. The van der Waals surface area contributed by atoms with Gasteiger partial charge >= 0.3 is 12.1 Å². The third kappa shape index (κ3) is 6.22. The van der Waals surface area contributed by atoms with Gasteiger partial charge in [-0.2, -0.15) is 0 Å². The molecule has 1 amide bonds. The van der Waals surface area contributed by atoms with Gasteiger partial charge in [0.1, 0.15) is 11.6 Å². The van der Waals surface area contributed by atoms with Gasteiger partial charge in [-0.3, -0.25) is 4.79 Å². The molecule has 3 atom stereocenters. The van der Waals surface area contributed by atoms with E-state index in [1.165, 1.54) is 7.11 Å². The molecule has 3 unspecified atom stereocenters. The fourth-order valence-corrected chi connectivity index (χ4v) is 2.65. The number of methoxy groups -OCH3 is 1. The van der Waals surface area contributed by atoms with Crippen LogP contribution in [0.5, 0.6) is 0 Å². The van der Waals surface area contributed by atoms with Crippen LogP contribution in [0.4, 0.5) is 4.79 Å². The number of hydrogen-bond acceptors (Lipinski definition) is 5. The van der Waals surface area contributed by atoms with Crippen molar-refractivity contribution < 1.29 is 19.1 Å². The van der Waals surface area contributed by atoms with Crippen LogP contribution in [0, 0.1) is 5.92 Å². The maximum Gasteiger partial charge on any atom is 0.407 e. The van der Waals surface area contributed by atoms with E-state index in [0.717, 1.165) is 19.3 Å². The Morgan fingerprint density at radius 3 is 2.23 bits per heavy atom. The molecule has 1 aliphatic rings. The van der Waals surface area contributed by atoms with Gasteiger partial charge in [0, 0.05) is 12.1 Å². The average Bonchev–Trinajstić information content (AvgIpc) is 2.79. The van der Waals surface area contributed by atoms with Crippen LogP contribution in [0.2, 0.25) is 0 Å². The molecule has 0 spiro atoms. The number of carbonyl (C=O) groups is 2. The van der Waals surface area contributed by atoms with E-state index in [9.17, 15) is 9.59 Å². The Bertz CT molecular complexity index is 390. The maximum absolute atomic E-state index is 11.8. The van der Waals surface area contributed by atoms with Crippen LogP contribution < -0.4 is 10.6 Å². The van der Waals surface area contributed by atoms with Crippen molar-refractivity contribution in [3.63, 3.8) is 0 Å². The molecule has 0 heterocycles. The van der Waals surface area contributed by atoms with Crippen LogP contribution in [0.3, 0.4) is 0 Å². The molecule has 0 aliphatic heterocycles. The smallest absolute Gasteiger partial charge is 0.407 e. The highest BCUT2D eigenvalue weighted by Crippen LogP contribution is 2.21. The number of esters is 1. The van der Waals surface area contributed by atoms with E-state index in [1.54, 1.807) is 0 Å². The number of nitrogens with one attached hydrogen (secondary N) is 2. The van der Waals surface area contributed by atoms with Crippen LogP contribution in [-0.2, 0) is 14.3 Å². The Balaban J connectivity index is 2.45. The first-order valence-corrected chi connectivity index (χ1v) is 7.95. The molecule has 0 saturated heterocycles. The van der Waals surface area contributed by atoms with Gasteiger partial charge in [0.05, 0.1) is 7.11 Å². The standard InChI is InChI=1S/C16H30N2O4/c1-10(2)13(14(19)21-6)17-11-7-8-12(9-11)18-15(20)22-16(3,4)5/h10-13,17H,7-9H2,1-6H3,(H,18,20). The molecule has 0 bridgehead atoms. The lowest BCUT2D eigenvalue weighted by atomic mass is 10.0. The summed E-state index contributed by atoms with van der Waals surface area (Å²) < 4.78 is 10.1. The second kappa shape index (κ2) is 7.81. The quantitative estimate of drug-likeness (QED) is 0.761. The molecule has 128 valence electrons. The van der Waals surface area contributed by atoms with E-state index in [1.807, 2.05) is 34.6 Å². The molecule has 1 aliphatic carbocycles. The lowest BCUT2D eigenvalue weighted by Crippen LogP contribution is -2.47. The first kappa shape index (κ1) is 18.7. The monoisotopic (exact) mass is 314 g/mol. The van der Waals surface area contributed by atoms with Gasteiger partial charge in [-0.25, -0.2) is 4.79 Å². The Labute approximate surface area is 133 Å². The Kier molecular flexibility index (Phi) is 6.66. The summed E-state index contributed by atoms with van der Waals surface area (Å²) in [7, 11) is 1.40. The zero-order chi connectivity index (χ0) is 16.9. The predicted molar refractivity (Wildman–Crippen MR) is 84.6 cm³/mol. The van der Waals surface area contributed by atoms with E-state index in [4.69, 9.17) is 9.47 Å². The van der Waals surface area contributed by atoms with Gasteiger partial charge in [-0.15, -0.1) is 0 Å². The number of ether oxygens (including phenoxy) is 2. The van der Waals surface area contributed by atoms with Crippen molar-refractivity contribution in [1.82, 2.24) is 10.6 Å². The topological polar surface area (TPSA) is 76.7 Å². The molecule has 6 heteroatoms. The van der Waals surface area contributed by atoms with Gasteiger partial charge in [0.15, 0.2) is 0 Å². The maximum atomic E-state index is 11.8. The SMILES string of the molecule is COC(=O)C(NC1CCC(NC(=O)OC(C)(C)C)C1)C(C)C. The van der Waals surface area contributed by atoms with Gasteiger partial charge in [0.25, 0.3) is 0 Å². The summed E-state index contributed by atoms with van der Waals surface area (Å²) in [5, 5.41) is 6.24. The fraction of sp³-hybridized carbons (Fsp3) is 0.875. The molecule has 0 aromatic rings. The van der Waals surface area contributed by atoms with Crippen LogP contribution in [-0.4, -0.2) is 42.9 Å². The first-order valence-electron chi connectivity index (χ1n) is 7.95. The Hall–Kier alpha value is -1.30. The molecule has 0 radical (unpaired) electrons. The molecule has 1 rings (SSSR count). The highest BCUT2D eigenvalue weighted by Gasteiger charge is 2.32. The lowest BCUT2D eigenvalue weighted by Gasteiger charge is -2.24. The summed E-state index contributed by atoms with van der Waals surface area (Å²) in [6.07, 6.45) is 2.20. The van der Waals surface area contributed by atoms with Gasteiger partial charge in [-0.05, 0) is 46.0 Å². The van der Waals surface area contributed by atoms with Gasteiger partial charge in [0.2, 0.25) is 0 Å². The van der Waals surface area contributed by atoms with Crippen molar-refractivity contribution in [3.8, 4) is 0 Å². The van der Waals surface area contributed by atoms with Crippen molar-refractivity contribution in [2.45, 2.75) is 77.6 Å². The number of carbonyl (C=O) groups excluding carboxylic acids is 2. The van der Waals surface area contributed by atoms with E-state index >= 15 is 0 Å². The normalized spacial score (nSPS) is 23.2. The minimum atomic E-state index is -0.492. The largest absolute Gasteiger partial charge is 0.468 e. The number of hydrogen-bond donors (Lipinski definition) is 2. The lowest BCUT2D eigenvalue weighted by molar-refractivity contribution is -0.144. The zero-order valence-electron chi connectivity index (χ0n) is 14.6. The summed E-state index contributed by atoms with van der Waals surface area (Å²) in [6.45, 7) is 9.50. The third-order valence-corrected chi connectivity index (χ3v) is 3.69. The van der Waals surface area contributed by atoms with Crippen molar-refractivity contribution in [3.05, 3.63) is 0 Å². The third-order valence-electron chi connectivity index (χ3n) is 3.69. The number of amides is 1. The van der Waals surface area contributed by atoms with Crippen molar-refractivity contribution >= 4 is 12.1 Å². The molecule has 0 aromatic carbocycles. The molecule has 2 N–H and O–H groups in total. The van der Waals surface area contributed by atoms with Gasteiger partial charge in [-0.1, -0.05) is 13.8 Å². The summed E-state index contributed by atoms with van der Waals surface area (Å²) in [5.74, 6) is -0.0798. The number of alkyl carbamates (subject to hydrolysis) is 1. The second-order valence-corrected chi connectivity index (χ2v) is 7.26. The average molecular weight is 314 g/mol. The molecule has 6 nitrogen and oxygen atoms in total. The zero-order valence-corrected chi connectivity index (χ0v) is 14.6. The van der Waals surface area contributed by atoms with Crippen LogP contribution in [0.25, 0.3) is 0 Å². The minimum Gasteiger partial charge on any atom is -0.468 e. The highest BCUT2D eigenvalue weighted by molar-refractivity contribution is 5.76. The summed E-state index contributed by atoms with van der Waals surface area (Å²) in [4.78, 5) is 23.6. The van der Waals surface area contributed by atoms with Crippen molar-refractivity contribution in [1.29, 1.82) is 0 Å². The molecular weight excluding hydrogens is 284 g/mol. The molecule has 0 aromatic heterocycles. The van der Waals surface area contributed by atoms with E-state index in [2.05, 4.69) is 10.6 Å². The summed E-state index contributed by atoms with van der Waals surface area (Å²) in [6, 6.07) is -0.0282. The van der Waals surface area contributed by atoms with Crippen LogP contribution in [0.15, 0.2) is 0 Å². The van der Waals surface area contributed by atoms with E-state index in [0.29, 0.717) is 0 Å². The summed E-state index contributed by atoms with van der Waals surface area (Å²) in [5.41, 5.74) is -0.492. The Morgan fingerprint density at radius 1 is 1.14 bits per heavy atom.